The van der Waals surface area contributed by atoms with Crippen LogP contribution in [0.3, 0.4) is 0 Å². The molecule has 1 aliphatic rings. The molecular formula is C12H18N2OS. The van der Waals surface area contributed by atoms with E-state index < -0.39 is 0 Å². The summed E-state index contributed by atoms with van der Waals surface area (Å²) in [5, 5.41) is 5.09. The number of hydrogen-bond acceptors (Lipinski definition) is 4. The van der Waals surface area contributed by atoms with Crippen molar-refractivity contribution >= 4 is 16.9 Å². The zero-order valence-electron chi connectivity index (χ0n) is 9.99. The minimum atomic E-state index is 0.190. The van der Waals surface area contributed by atoms with Crippen molar-refractivity contribution in [2.45, 2.75) is 38.5 Å². The van der Waals surface area contributed by atoms with E-state index in [9.17, 15) is 0 Å². The van der Waals surface area contributed by atoms with Crippen LogP contribution in [-0.2, 0) is 0 Å². The van der Waals surface area contributed by atoms with Crippen LogP contribution in [0.4, 0.5) is 0 Å². The molecule has 1 aliphatic heterocycles. The van der Waals surface area contributed by atoms with Crippen LogP contribution in [0.5, 0.6) is 0 Å². The number of rotatable bonds is 3. The molecule has 2 unspecified atom stereocenters. The molecule has 0 aromatic carbocycles. The molecule has 1 aromatic heterocycles. The highest BCUT2D eigenvalue weighted by Gasteiger charge is 2.20. The summed E-state index contributed by atoms with van der Waals surface area (Å²) in [4.78, 5) is 4.49. The molecule has 0 fully saturated rings. The quantitative estimate of drug-likeness (QED) is 0.879. The first kappa shape index (κ1) is 11.6. The molecule has 0 bridgehead atoms. The maximum atomic E-state index is 5.58. The molecule has 88 valence electrons. The molecular weight excluding hydrogens is 220 g/mol. The minimum absolute atomic E-state index is 0.190. The van der Waals surface area contributed by atoms with Gasteiger partial charge in [0, 0.05) is 5.25 Å². The van der Waals surface area contributed by atoms with Gasteiger partial charge in [0.15, 0.2) is 5.17 Å². The molecule has 3 nitrogen and oxygen atoms in total. The van der Waals surface area contributed by atoms with Crippen LogP contribution in [0, 0.1) is 6.92 Å². The molecule has 0 saturated heterocycles. The number of hydrogen-bond donors (Lipinski definition) is 1. The summed E-state index contributed by atoms with van der Waals surface area (Å²) in [6.07, 6.45) is 1.17. The summed E-state index contributed by atoms with van der Waals surface area (Å²) in [5.74, 6) is 1.93. The minimum Gasteiger partial charge on any atom is -0.464 e. The smallest absolute Gasteiger partial charge is 0.157 e. The van der Waals surface area contributed by atoms with E-state index >= 15 is 0 Å². The first-order valence-corrected chi connectivity index (χ1v) is 6.61. The molecule has 0 saturated carbocycles. The van der Waals surface area contributed by atoms with Gasteiger partial charge in [-0.15, -0.1) is 0 Å². The number of nitrogens with zero attached hydrogens (tertiary/aromatic N) is 1. The molecule has 0 aliphatic carbocycles. The maximum absolute atomic E-state index is 5.58. The lowest BCUT2D eigenvalue weighted by Crippen LogP contribution is -2.23. The van der Waals surface area contributed by atoms with E-state index in [0.29, 0.717) is 5.25 Å². The fraction of sp³-hybridized carbons (Fsp3) is 0.583. The molecule has 1 N–H and O–H groups in total. The molecule has 2 atom stereocenters. The number of furan rings is 1. The van der Waals surface area contributed by atoms with Gasteiger partial charge in [0.05, 0.1) is 12.6 Å². The van der Waals surface area contributed by atoms with Crippen molar-refractivity contribution < 1.29 is 4.42 Å². The topological polar surface area (TPSA) is 37.5 Å². The second-order valence-corrected chi connectivity index (χ2v) is 5.40. The zero-order chi connectivity index (χ0) is 11.5. The Hall–Kier alpha value is -0.900. The van der Waals surface area contributed by atoms with Crippen molar-refractivity contribution in [3.05, 3.63) is 23.7 Å². The van der Waals surface area contributed by atoms with Crippen LogP contribution in [0.2, 0.25) is 0 Å². The third kappa shape index (κ3) is 2.61. The summed E-state index contributed by atoms with van der Waals surface area (Å²) in [6.45, 7) is 7.20. The fourth-order valence-corrected chi connectivity index (χ4v) is 2.68. The summed E-state index contributed by atoms with van der Waals surface area (Å²) in [6, 6.07) is 4.20. The van der Waals surface area contributed by atoms with Gasteiger partial charge in [0.1, 0.15) is 11.5 Å². The first-order chi connectivity index (χ1) is 7.69. The number of aryl methyl sites for hydroxylation is 1. The lowest BCUT2D eigenvalue weighted by Gasteiger charge is -2.12. The number of nitrogens with one attached hydrogen (secondary N) is 1. The van der Waals surface area contributed by atoms with Crippen LogP contribution in [0.15, 0.2) is 21.5 Å². The second-order valence-electron chi connectivity index (χ2n) is 4.11. The van der Waals surface area contributed by atoms with E-state index in [-0.39, 0.29) is 6.04 Å². The van der Waals surface area contributed by atoms with Gasteiger partial charge in [-0.1, -0.05) is 18.7 Å². The second kappa shape index (κ2) is 4.95. The van der Waals surface area contributed by atoms with Gasteiger partial charge in [-0.2, -0.15) is 0 Å². The predicted molar refractivity (Wildman–Crippen MR) is 69.0 cm³/mol. The summed E-state index contributed by atoms with van der Waals surface area (Å²) < 4.78 is 5.58. The standard InChI is InChI=1S/C12H18N2OS/c1-4-10-7-13-12(16-10)14-9(3)11-6-5-8(2)15-11/h5-6,9-10H,4,7H2,1-3H3,(H,13,14). The van der Waals surface area contributed by atoms with E-state index in [2.05, 4.69) is 24.2 Å². The highest BCUT2D eigenvalue weighted by molar-refractivity contribution is 8.14. The molecule has 2 heterocycles. The van der Waals surface area contributed by atoms with Crippen molar-refractivity contribution in [3.63, 3.8) is 0 Å². The van der Waals surface area contributed by atoms with E-state index in [0.717, 1.165) is 23.2 Å². The van der Waals surface area contributed by atoms with E-state index in [1.165, 1.54) is 6.42 Å². The van der Waals surface area contributed by atoms with Crippen molar-refractivity contribution in [1.82, 2.24) is 5.32 Å². The average Bonchev–Trinajstić information content (AvgIpc) is 2.87. The molecule has 16 heavy (non-hydrogen) atoms. The molecule has 0 spiro atoms. The first-order valence-electron chi connectivity index (χ1n) is 5.73. The largest absolute Gasteiger partial charge is 0.464 e. The van der Waals surface area contributed by atoms with Gasteiger partial charge in [0.2, 0.25) is 0 Å². The lowest BCUT2D eigenvalue weighted by atomic mass is 10.2. The Morgan fingerprint density at radius 2 is 2.44 bits per heavy atom. The average molecular weight is 238 g/mol. The predicted octanol–water partition coefficient (Wildman–Crippen LogP) is 3.12. The van der Waals surface area contributed by atoms with Gasteiger partial charge in [-0.3, -0.25) is 4.99 Å². The van der Waals surface area contributed by atoms with Gasteiger partial charge in [-0.05, 0) is 32.4 Å². The molecule has 0 radical (unpaired) electrons. The molecule has 1 aromatic rings. The van der Waals surface area contributed by atoms with Crippen molar-refractivity contribution in [2.75, 3.05) is 6.54 Å². The van der Waals surface area contributed by atoms with Gasteiger partial charge < -0.3 is 9.73 Å². The van der Waals surface area contributed by atoms with E-state index in [4.69, 9.17) is 4.42 Å². The van der Waals surface area contributed by atoms with Gasteiger partial charge >= 0.3 is 0 Å². The third-order valence-corrected chi connectivity index (χ3v) is 3.99. The summed E-state index contributed by atoms with van der Waals surface area (Å²) >= 11 is 1.84. The van der Waals surface area contributed by atoms with Crippen molar-refractivity contribution in [2.24, 2.45) is 4.99 Å². The van der Waals surface area contributed by atoms with Crippen molar-refractivity contribution in [3.8, 4) is 0 Å². The lowest BCUT2D eigenvalue weighted by molar-refractivity contribution is 0.444. The van der Waals surface area contributed by atoms with E-state index in [1.807, 2.05) is 30.8 Å². The van der Waals surface area contributed by atoms with Crippen LogP contribution < -0.4 is 5.32 Å². The highest BCUT2D eigenvalue weighted by atomic mass is 32.2. The van der Waals surface area contributed by atoms with Gasteiger partial charge in [-0.25, -0.2) is 0 Å². The Bertz CT molecular complexity index is 386. The summed E-state index contributed by atoms with van der Waals surface area (Å²) in [5.41, 5.74) is 0. The Kier molecular flexibility index (Phi) is 3.59. The third-order valence-electron chi connectivity index (χ3n) is 2.70. The van der Waals surface area contributed by atoms with Gasteiger partial charge in [0.25, 0.3) is 0 Å². The molecule has 0 amide bonds. The van der Waals surface area contributed by atoms with Crippen molar-refractivity contribution in [1.29, 1.82) is 0 Å². The Morgan fingerprint density at radius 1 is 1.62 bits per heavy atom. The number of thioether (sulfide) groups is 1. The normalized spacial score (nSPS) is 21.9. The van der Waals surface area contributed by atoms with E-state index in [1.54, 1.807) is 0 Å². The highest BCUT2D eigenvalue weighted by Crippen LogP contribution is 2.24. The molecule has 4 heteroatoms. The van der Waals surface area contributed by atoms with Crippen LogP contribution in [0.1, 0.15) is 37.8 Å². The Balaban J connectivity index is 1.91. The van der Waals surface area contributed by atoms with Crippen LogP contribution >= 0.6 is 11.8 Å². The number of amidine groups is 1. The zero-order valence-corrected chi connectivity index (χ0v) is 10.8. The maximum Gasteiger partial charge on any atom is 0.157 e. The van der Waals surface area contributed by atoms with Crippen LogP contribution in [-0.4, -0.2) is 17.0 Å². The fourth-order valence-electron chi connectivity index (χ4n) is 1.65. The monoisotopic (exact) mass is 238 g/mol. The molecule has 2 rings (SSSR count). The summed E-state index contributed by atoms with van der Waals surface area (Å²) in [7, 11) is 0. The SMILES string of the molecule is CCC1CN=C(NC(C)c2ccc(C)o2)S1. The number of aliphatic imine (C=N–C) groups is 1. The Labute approximate surface area is 101 Å². The van der Waals surface area contributed by atoms with Crippen LogP contribution in [0.25, 0.3) is 0 Å². The Morgan fingerprint density at radius 3 is 3.00 bits per heavy atom.